The van der Waals surface area contributed by atoms with Gasteiger partial charge < -0.3 is 5.32 Å². The van der Waals surface area contributed by atoms with Gasteiger partial charge in [0.1, 0.15) is 0 Å². The largest absolute Gasteiger partial charge is 0.370 e. The van der Waals surface area contributed by atoms with Crippen LogP contribution in [0, 0.1) is 5.41 Å². The molecule has 1 aromatic heterocycles. The number of hydrogen-bond acceptors (Lipinski definition) is 2. The maximum Gasteiger partial charge on any atom is 0.307 e. The number of aromatic nitrogens is 1. The maximum atomic E-state index is 7.17. The SMILES string of the molecule is CCNC(=S)C(=C=N)[n+]1ccccc1. The molecule has 0 amide bonds. The van der Waals surface area contributed by atoms with Gasteiger partial charge in [0.25, 0.3) is 0 Å². The van der Waals surface area contributed by atoms with Gasteiger partial charge in [0.2, 0.25) is 0 Å². The third-order valence-electron chi connectivity index (χ3n) is 1.64. The lowest BCUT2D eigenvalue weighted by molar-refractivity contribution is -0.574. The summed E-state index contributed by atoms with van der Waals surface area (Å²) < 4.78 is 1.76. The van der Waals surface area contributed by atoms with Gasteiger partial charge in [-0.1, -0.05) is 18.3 Å². The summed E-state index contributed by atoms with van der Waals surface area (Å²) in [6.07, 6.45) is 3.67. The summed E-state index contributed by atoms with van der Waals surface area (Å²) in [4.78, 5) is 0.540. The molecule has 0 saturated heterocycles. The zero-order valence-electron chi connectivity index (χ0n) is 7.95. The molecule has 1 heterocycles. The Morgan fingerprint density at radius 2 is 2.07 bits per heavy atom. The number of pyridine rings is 1. The average molecular weight is 206 g/mol. The lowest BCUT2D eigenvalue weighted by Crippen LogP contribution is -2.40. The molecule has 0 saturated carbocycles. The smallest absolute Gasteiger partial charge is 0.307 e. The molecular formula is C10H12N3S+. The van der Waals surface area contributed by atoms with E-state index < -0.39 is 0 Å². The van der Waals surface area contributed by atoms with E-state index >= 15 is 0 Å². The van der Waals surface area contributed by atoms with Gasteiger partial charge in [-0.3, -0.25) is 5.41 Å². The van der Waals surface area contributed by atoms with Crippen molar-refractivity contribution in [3.8, 4) is 0 Å². The number of hydrogen-bond donors (Lipinski definition) is 2. The highest BCUT2D eigenvalue weighted by Gasteiger charge is 2.14. The summed E-state index contributed by atoms with van der Waals surface area (Å²) in [7, 11) is 0. The minimum absolute atomic E-state index is 0.540. The highest BCUT2D eigenvalue weighted by molar-refractivity contribution is 7.81. The first-order valence-electron chi connectivity index (χ1n) is 4.34. The van der Waals surface area contributed by atoms with E-state index in [-0.39, 0.29) is 0 Å². The Balaban J connectivity index is 2.96. The highest BCUT2D eigenvalue weighted by Crippen LogP contribution is 1.90. The van der Waals surface area contributed by atoms with Gasteiger partial charge in [0.05, 0.1) is 5.87 Å². The monoisotopic (exact) mass is 206 g/mol. The van der Waals surface area contributed by atoms with E-state index in [4.69, 9.17) is 17.6 Å². The Bertz CT molecular complexity index is 366. The second-order valence-corrected chi connectivity index (χ2v) is 3.02. The van der Waals surface area contributed by atoms with E-state index in [1.807, 2.05) is 37.5 Å². The van der Waals surface area contributed by atoms with E-state index in [1.165, 1.54) is 0 Å². The lowest BCUT2D eigenvalue weighted by Gasteiger charge is -2.01. The van der Waals surface area contributed by atoms with Crippen LogP contribution in [0.3, 0.4) is 0 Å². The van der Waals surface area contributed by atoms with Gasteiger partial charge in [-0.25, -0.2) is 0 Å². The molecule has 0 spiro atoms. The van der Waals surface area contributed by atoms with Gasteiger partial charge >= 0.3 is 5.70 Å². The van der Waals surface area contributed by atoms with Crippen molar-refractivity contribution in [1.29, 1.82) is 5.41 Å². The Labute approximate surface area is 88.6 Å². The Morgan fingerprint density at radius 1 is 1.43 bits per heavy atom. The lowest BCUT2D eigenvalue weighted by atomic mass is 10.4. The van der Waals surface area contributed by atoms with E-state index in [1.54, 1.807) is 4.57 Å². The number of likely N-dealkylation sites (N-methyl/N-ethyl adjacent to an activating group) is 1. The molecule has 4 heteroatoms. The molecule has 0 radical (unpaired) electrons. The van der Waals surface area contributed by atoms with Crippen molar-refractivity contribution < 1.29 is 4.57 Å². The van der Waals surface area contributed by atoms with Crippen LogP contribution in [-0.4, -0.2) is 17.4 Å². The van der Waals surface area contributed by atoms with Crippen molar-refractivity contribution in [2.45, 2.75) is 6.92 Å². The first-order chi connectivity index (χ1) is 6.79. The minimum atomic E-state index is 0.540. The third-order valence-corrected chi connectivity index (χ3v) is 1.98. The molecule has 0 bridgehead atoms. The highest BCUT2D eigenvalue weighted by atomic mass is 32.1. The molecule has 0 fully saturated rings. The molecule has 1 rings (SSSR count). The zero-order valence-corrected chi connectivity index (χ0v) is 8.77. The average Bonchev–Trinajstić information content (AvgIpc) is 2.21. The normalized spacial score (nSPS) is 8.93. The van der Waals surface area contributed by atoms with Crippen molar-refractivity contribution in [2.75, 3.05) is 6.54 Å². The number of nitrogens with one attached hydrogen (secondary N) is 2. The standard InChI is InChI=1S/C10H11N3S/c1-2-12-10(14)9(8-11)13-6-4-3-5-7-13/h3-7,11H,2H2,1H3/p+1. The summed E-state index contributed by atoms with van der Waals surface area (Å²) in [5.41, 5.74) is 0.558. The molecular weight excluding hydrogens is 194 g/mol. The fourth-order valence-corrected chi connectivity index (χ4v) is 1.33. The number of thiocarbonyl (C=S) groups is 1. The van der Waals surface area contributed by atoms with Crippen LogP contribution in [-0.2, 0) is 0 Å². The van der Waals surface area contributed by atoms with Crippen LogP contribution >= 0.6 is 12.2 Å². The van der Waals surface area contributed by atoms with Crippen LogP contribution in [0.15, 0.2) is 30.6 Å². The predicted octanol–water partition coefficient (Wildman–Crippen LogP) is 1.00. The van der Waals surface area contributed by atoms with E-state index in [9.17, 15) is 0 Å². The summed E-state index contributed by atoms with van der Waals surface area (Å²) in [6, 6.07) is 5.67. The van der Waals surface area contributed by atoms with Gasteiger partial charge in [-0.05, 0) is 6.92 Å². The quantitative estimate of drug-likeness (QED) is 0.335. The van der Waals surface area contributed by atoms with Crippen molar-refractivity contribution in [3.05, 3.63) is 30.6 Å². The first kappa shape index (κ1) is 10.6. The van der Waals surface area contributed by atoms with Gasteiger partial charge in [-0.2, -0.15) is 4.57 Å². The Hall–Kier alpha value is -1.51. The first-order valence-corrected chi connectivity index (χ1v) is 4.75. The number of rotatable bonds is 3. The van der Waals surface area contributed by atoms with Crippen LogP contribution in [0.1, 0.15) is 6.92 Å². The predicted molar refractivity (Wildman–Crippen MR) is 60.3 cm³/mol. The van der Waals surface area contributed by atoms with E-state index in [0.29, 0.717) is 10.7 Å². The second kappa shape index (κ2) is 5.27. The van der Waals surface area contributed by atoms with Gasteiger partial charge in [-0.15, -0.1) is 0 Å². The molecule has 0 aliphatic rings. The molecule has 0 aliphatic heterocycles. The molecule has 3 nitrogen and oxygen atoms in total. The summed E-state index contributed by atoms with van der Waals surface area (Å²) in [5.74, 6) is 2.33. The van der Waals surface area contributed by atoms with Gasteiger partial charge in [0.15, 0.2) is 17.4 Å². The third kappa shape index (κ3) is 2.49. The minimum Gasteiger partial charge on any atom is -0.370 e. The van der Waals surface area contributed by atoms with Crippen molar-refractivity contribution in [3.63, 3.8) is 0 Å². The van der Waals surface area contributed by atoms with Crippen molar-refractivity contribution >= 4 is 28.8 Å². The summed E-state index contributed by atoms with van der Waals surface area (Å²) in [5, 5.41) is 10.2. The summed E-state index contributed by atoms with van der Waals surface area (Å²) >= 11 is 5.10. The van der Waals surface area contributed by atoms with Crippen LogP contribution < -0.4 is 9.88 Å². The molecule has 14 heavy (non-hydrogen) atoms. The molecule has 0 aliphatic carbocycles. The fraction of sp³-hybridized carbons (Fsp3) is 0.200. The topological polar surface area (TPSA) is 39.8 Å². The molecule has 1 aromatic rings. The van der Waals surface area contributed by atoms with E-state index in [0.717, 1.165) is 6.54 Å². The number of nitrogens with zero attached hydrogens (tertiary/aromatic N) is 1. The van der Waals surface area contributed by atoms with Crippen LogP contribution in [0.25, 0.3) is 5.70 Å². The Kier molecular flexibility index (Phi) is 3.98. The molecule has 2 N–H and O–H groups in total. The second-order valence-electron chi connectivity index (χ2n) is 2.62. The molecule has 0 unspecified atom stereocenters. The van der Waals surface area contributed by atoms with E-state index in [2.05, 4.69) is 11.2 Å². The zero-order chi connectivity index (χ0) is 10.4. The maximum absolute atomic E-state index is 7.17. The molecule has 0 aromatic carbocycles. The van der Waals surface area contributed by atoms with Crippen molar-refractivity contribution in [2.24, 2.45) is 0 Å². The van der Waals surface area contributed by atoms with Crippen LogP contribution in [0.4, 0.5) is 0 Å². The fourth-order valence-electron chi connectivity index (χ4n) is 1.03. The molecule has 0 atom stereocenters. The van der Waals surface area contributed by atoms with Crippen LogP contribution in [0.2, 0.25) is 0 Å². The Morgan fingerprint density at radius 3 is 2.57 bits per heavy atom. The van der Waals surface area contributed by atoms with Crippen molar-refractivity contribution in [1.82, 2.24) is 5.32 Å². The van der Waals surface area contributed by atoms with Crippen LogP contribution in [0.5, 0.6) is 0 Å². The summed E-state index contributed by atoms with van der Waals surface area (Å²) in [6.45, 7) is 2.71. The van der Waals surface area contributed by atoms with Gasteiger partial charge in [0, 0.05) is 18.7 Å². The molecule has 72 valence electrons.